The van der Waals surface area contributed by atoms with Crippen LogP contribution in [0, 0.1) is 0 Å². The number of methoxy groups -OCH3 is 1. The fourth-order valence-corrected chi connectivity index (χ4v) is 6.22. The van der Waals surface area contributed by atoms with E-state index in [-0.39, 0.29) is 30.2 Å². The molecule has 1 aliphatic heterocycles. The van der Waals surface area contributed by atoms with Gasteiger partial charge in [0.1, 0.15) is 5.60 Å². The van der Waals surface area contributed by atoms with E-state index in [1.165, 1.54) is 0 Å². The summed E-state index contributed by atoms with van der Waals surface area (Å²) in [6.07, 6.45) is 5.69. The van der Waals surface area contributed by atoms with Crippen molar-refractivity contribution in [2.24, 2.45) is 0 Å². The number of nitrogens with zero attached hydrogens (tertiary/aromatic N) is 3. The van der Waals surface area contributed by atoms with Crippen molar-refractivity contribution in [3.8, 4) is 11.3 Å². The number of ether oxygens (including phenoxy) is 1. The number of carbonyl (C=O) groups is 2. The second-order valence-electron chi connectivity index (χ2n) is 11.0. The lowest BCUT2D eigenvalue weighted by atomic mass is 9.80. The summed E-state index contributed by atoms with van der Waals surface area (Å²) in [7, 11) is 1.60. The molecule has 10 heteroatoms. The van der Waals surface area contributed by atoms with Gasteiger partial charge in [-0.2, -0.15) is 0 Å². The molecule has 41 heavy (non-hydrogen) atoms. The number of rotatable bonds is 10. The number of aromatic carboxylic acids is 1. The fraction of sp³-hybridized carbons (Fsp3) is 0.452. The summed E-state index contributed by atoms with van der Waals surface area (Å²) in [5, 5.41) is 27.6. The highest BCUT2D eigenvalue weighted by molar-refractivity contribution is 5.98. The zero-order valence-corrected chi connectivity index (χ0v) is 23.5. The van der Waals surface area contributed by atoms with Crippen molar-refractivity contribution in [2.75, 3.05) is 45.2 Å². The highest BCUT2D eigenvalue weighted by atomic mass is 16.5. The molecule has 1 aliphatic carbocycles. The van der Waals surface area contributed by atoms with Gasteiger partial charge >= 0.3 is 5.97 Å². The van der Waals surface area contributed by atoms with E-state index < -0.39 is 11.6 Å². The number of hydrogen-bond donors (Lipinski definition) is 4. The van der Waals surface area contributed by atoms with E-state index in [4.69, 9.17) is 4.74 Å². The van der Waals surface area contributed by atoms with Gasteiger partial charge in [-0.05, 0) is 37.5 Å². The van der Waals surface area contributed by atoms with Gasteiger partial charge in [-0.1, -0.05) is 49.2 Å². The lowest BCUT2D eigenvalue weighted by Crippen LogP contribution is -2.54. The van der Waals surface area contributed by atoms with Crippen LogP contribution in [0.15, 0.2) is 60.9 Å². The number of carboxylic acids is 1. The van der Waals surface area contributed by atoms with Gasteiger partial charge in [0.15, 0.2) is 5.69 Å². The van der Waals surface area contributed by atoms with Crippen molar-refractivity contribution < 1.29 is 24.5 Å². The Hall–Kier alpha value is -3.73. The Balaban J connectivity index is 1.40. The Morgan fingerprint density at radius 1 is 1.17 bits per heavy atom. The van der Waals surface area contributed by atoms with Crippen LogP contribution in [0.5, 0.6) is 0 Å². The maximum atomic E-state index is 14.2. The van der Waals surface area contributed by atoms with Crippen molar-refractivity contribution in [3.63, 3.8) is 0 Å². The maximum absolute atomic E-state index is 14.2. The molecule has 0 spiro atoms. The minimum atomic E-state index is -1.04. The number of amides is 1. The topological polar surface area (TPSA) is 129 Å². The molecule has 2 aliphatic rings. The van der Waals surface area contributed by atoms with Gasteiger partial charge in [-0.3, -0.25) is 4.79 Å². The van der Waals surface area contributed by atoms with Gasteiger partial charge in [0.05, 0.1) is 30.2 Å². The van der Waals surface area contributed by atoms with Crippen molar-refractivity contribution in [3.05, 3.63) is 72.2 Å². The van der Waals surface area contributed by atoms with E-state index in [0.717, 1.165) is 36.2 Å². The number of hydrogen-bond acceptors (Lipinski definition) is 7. The second kappa shape index (κ2) is 12.8. The summed E-state index contributed by atoms with van der Waals surface area (Å²) < 4.78 is 7.43. The van der Waals surface area contributed by atoms with Gasteiger partial charge in [0.2, 0.25) is 0 Å². The quantitative estimate of drug-likeness (QED) is 0.295. The van der Waals surface area contributed by atoms with Gasteiger partial charge in [-0.25, -0.2) is 9.78 Å². The van der Waals surface area contributed by atoms with Gasteiger partial charge < -0.3 is 35.1 Å². The molecule has 5 rings (SSSR count). The van der Waals surface area contributed by atoms with Crippen LogP contribution in [-0.4, -0.2) is 88.1 Å². The molecule has 1 amide bonds. The van der Waals surface area contributed by atoms with E-state index in [0.29, 0.717) is 44.7 Å². The number of aliphatic hydroxyl groups is 1. The predicted octanol–water partition coefficient (Wildman–Crippen LogP) is 3.66. The number of benzene rings is 2. The van der Waals surface area contributed by atoms with Crippen LogP contribution in [0.25, 0.3) is 11.3 Å². The summed E-state index contributed by atoms with van der Waals surface area (Å²) in [4.78, 5) is 32.1. The average Bonchev–Trinajstić information content (AvgIpc) is 3.43. The van der Waals surface area contributed by atoms with E-state index in [9.17, 15) is 19.8 Å². The first-order chi connectivity index (χ1) is 19.9. The molecule has 2 aromatic carbocycles. The molecular formula is C31H39N5O5. The van der Waals surface area contributed by atoms with Crippen LogP contribution in [0.4, 0.5) is 5.69 Å². The van der Waals surface area contributed by atoms with Gasteiger partial charge in [0, 0.05) is 50.6 Å². The Morgan fingerprint density at radius 3 is 2.78 bits per heavy atom. The van der Waals surface area contributed by atoms with Crippen LogP contribution in [0.2, 0.25) is 0 Å². The first-order valence-corrected chi connectivity index (χ1v) is 14.3. The number of aromatic nitrogens is 2. The van der Waals surface area contributed by atoms with Gasteiger partial charge in [0.25, 0.3) is 5.91 Å². The van der Waals surface area contributed by atoms with Crippen LogP contribution in [-0.2, 0) is 4.74 Å². The Kier molecular flexibility index (Phi) is 9.02. The standard InChI is InChI=1S/C31H39N5O5/c1-41-20-31(40)14-6-5-12-26(31)36-21-34-27(28(36)22-8-3-2-4-9-22)29(37)35-17-16-32-19-25(35)13-15-33-24-11-7-10-23(18-24)30(38)39/h2-4,7-11,18,21,25-26,32-33,40H,5-6,12-17,19-20H2,1H3,(H,38,39)/t25-,26-,31-/m1/s1. The minimum Gasteiger partial charge on any atom is -0.478 e. The van der Waals surface area contributed by atoms with Crippen molar-refractivity contribution in [1.82, 2.24) is 19.8 Å². The van der Waals surface area contributed by atoms with Crippen LogP contribution in [0.1, 0.15) is 59.0 Å². The molecule has 4 N–H and O–H groups in total. The third-order valence-corrected chi connectivity index (χ3v) is 8.26. The number of anilines is 1. The van der Waals surface area contributed by atoms with E-state index in [1.54, 1.807) is 31.6 Å². The molecule has 10 nitrogen and oxygen atoms in total. The highest BCUT2D eigenvalue weighted by Crippen LogP contribution is 2.41. The van der Waals surface area contributed by atoms with Crippen LogP contribution < -0.4 is 10.6 Å². The monoisotopic (exact) mass is 561 g/mol. The third-order valence-electron chi connectivity index (χ3n) is 8.26. The Morgan fingerprint density at radius 2 is 2.00 bits per heavy atom. The van der Waals surface area contributed by atoms with Crippen LogP contribution in [0.3, 0.4) is 0 Å². The zero-order valence-electron chi connectivity index (χ0n) is 23.5. The number of carbonyl (C=O) groups excluding carboxylic acids is 1. The maximum Gasteiger partial charge on any atom is 0.335 e. The van der Waals surface area contributed by atoms with Crippen molar-refractivity contribution in [2.45, 2.75) is 49.8 Å². The lowest BCUT2D eigenvalue weighted by Gasteiger charge is -2.41. The number of nitrogens with one attached hydrogen (secondary N) is 2. The molecule has 0 bridgehead atoms. The molecule has 0 unspecified atom stereocenters. The fourth-order valence-electron chi connectivity index (χ4n) is 6.22. The summed E-state index contributed by atoms with van der Waals surface area (Å²) in [5.41, 5.74) is 1.90. The van der Waals surface area contributed by atoms with E-state index in [2.05, 4.69) is 15.6 Å². The van der Waals surface area contributed by atoms with Crippen molar-refractivity contribution >= 4 is 17.6 Å². The molecule has 1 saturated heterocycles. The molecule has 3 aromatic rings. The van der Waals surface area contributed by atoms with E-state index in [1.807, 2.05) is 45.9 Å². The molecule has 1 aromatic heterocycles. The minimum absolute atomic E-state index is 0.0692. The molecule has 3 atom stereocenters. The first-order valence-electron chi connectivity index (χ1n) is 14.3. The molecule has 2 heterocycles. The van der Waals surface area contributed by atoms with Gasteiger partial charge in [-0.15, -0.1) is 0 Å². The zero-order chi connectivity index (χ0) is 28.8. The lowest BCUT2D eigenvalue weighted by molar-refractivity contribution is -0.0893. The largest absolute Gasteiger partial charge is 0.478 e. The Bertz CT molecular complexity index is 1340. The third kappa shape index (κ3) is 6.29. The Labute approximate surface area is 240 Å². The summed E-state index contributed by atoms with van der Waals surface area (Å²) in [6, 6.07) is 16.2. The van der Waals surface area contributed by atoms with Crippen LogP contribution >= 0.6 is 0 Å². The normalized spacial score (nSPS) is 22.8. The summed E-state index contributed by atoms with van der Waals surface area (Å²) >= 11 is 0. The average molecular weight is 562 g/mol. The smallest absolute Gasteiger partial charge is 0.335 e. The number of carboxylic acid groups (broad SMARTS) is 1. The molecule has 1 saturated carbocycles. The molecule has 0 radical (unpaired) electrons. The highest BCUT2D eigenvalue weighted by Gasteiger charge is 2.42. The number of imidazole rings is 1. The van der Waals surface area contributed by atoms with E-state index >= 15 is 0 Å². The SMILES string of the molecule is COC[C@]1(O)CCCC[C@H]1n1cnc(C(=O)N2CCNC[C@H]2CCNc2cccc(C(=O)O)c2)c1-c1ccccc1. The summed E-state index contributed by atoms with van der Waals surface area (Å²) in [5.74, 6) is -1.10. The second-order valence-corrected chi connectivity index (χ2v) is 11.0. The number of piperazine rings is 1. The molecular weight excluding hydrogens is 522 g/mol. The first kappa shape index (κ1) is 28.8. The van der Waals surface area contributed by atoms with Crippen molar-refractivity contribution in [1.29, 1.82) is 0 Å². The summed E-state index contributed by atoms with van der Waals surface area (Å²) in [6.45, 7) is 2.69. The predicted molar refractivity (Wildman–Crippen MR) is 156 cm³/mol. The molecule has 218 valence electrons. The molecule has 2 fully saturated rings.